The van der Waals surface area contributed by atoms with Gasteiger partial charge in [0.25, 0.3) is 0 Å². The molecule has 7 rings (SSSR count). The van der Waals surface area contributed by atoms with Crippen molar-refractivity contribution in [1.29, 1.82) is 0 Å². The van der Waals surface area contributed by atoms with Gasteiger partial charge in [-0.3, -0.25) is 9.59 Å². The maximum absolute atomic E-state index is 17.1. The van der Waals surface area contributed by atoms with Crippen molar-refractivity contribution < 1.29 is 66.0 Å². The number of amides is 1. The summed E-state index contributed by atoms with van der Waals surface area (Å²) in [4.78, 5) is 75.9. The minimum atomic E-state index is -2.83. The zero-order valence-corrected chi connectivity index (χ0v) is 52.6. The van der Waals surface area contributed by atoms with Gasteiger partial charge in [-0.05, 0) is 125 Å². The Morgan fingerprint density at radius 1 is 0.769 bits per heavy atom. The standard InChI is InChI=1S/C60H91NO14Si3/c1-17-76(18-2,19-3)73-44-36-45-58(38-68-45,70-40(11)62)53-56(44,15)50(63)48(74-77(20-4,21-5)22-6)46-39(10)43(37-59(67)57(46,16)60(53,59)71-51(64)42-34-30-27-31-35-42)69-52(65)49(75-78(23-7,24-8)25-9)47(41-32-28-26-29-33-41)61-54(66)72-55(12,13)14/h26-35,43-45,47-49,53,67H,17-25,36-38H2,1-16H3,(H,61,66)/t43-,44-,45+,47-,48+,49+,53-,56-,57-,58-,59-,60-/m0/s1. The molecule has 12 atom stereocenters. The van der Waals surface area contributed by atoms with Gasteiger partial charge in [-0.25, -0.2) is 14.4 Å². The number of ketones is 1. The quantitative estimate of drug-likeness (QED) is 0.0462. The normalized spacial score (nSPS) is 31.2. The van der Waals surface area contributed by atoms with Crippen LogP contribution in [0.25, 0.3) is 0 Å². The number of ether oxygens (including phenoxy) is 5. The summed E-state index contributed by atoms with van der Waals surface area (Å²) in [6, 6.07) is 22.8. The smallest absolute Gasteiger partial charge is 0.408 e. The first-order valence-electron chi connectivity index (χ1n) is 29.1. The molecule has 0 unspecified atom stereocenters. The lowest BCUT2D eigenvalue weighted by Gasteiger charge is -2.64. The molecule has 2 N–H and O–H groups in total. The van der Waals surface area contributed by atoms with Crippen LogP contribution in [0.1, 0.15) is 146 Å². The molecule has 2 aromatic rings. The Kier molecular flexibility index (Phi) is 17.9. The predicted octanol–water partition coefficient (Wildman–Crippen LogP) is 11.7. The van der Waals surface area contributed by atoms with Crippen LogP contribution in [0.2, 0.25) is 54.4 Å². The molecule has 0 spiro atoms. The Labute approximate surface area is 467 Å². The number of rotatable bonds is 23. The van der Waals surface area contributed by atoms with Gasteiger partial charge in [-0.1, -0.05) is 111 Å². The topological polar surface area (TPSA) is 191 Å². The third kappa shape index (κ3) is 9.94. The van der Waals surface area contributed by atoms with E-state index in [1.165, 1.54) is 6.92 Å². The van der Waals surface area contributed by atoms with E-state index >= 15 is 14.4 Å². The number of nitrogens with one attached hydrogen (secondary N) is 1. The van der Waals surface area contributed by atoms with Gasteiger partial charge in [0.05, 0.1) is 41.1 Å². The average Bonchev–Trinajstić information content (AvgIpc) is 1.94. The number of alkyl carbamates (subject to hydrolysis) is 1. The molecule has 1 heterocycles. The predicted molar refractivity (Wildman–Crippen MR) is 305 cm³/mol. The van der Waals surface area contributed by atoms with Crippen LogP contribution >= 0.6 is 0 Å². The lowest BCUT2D eigenvalue weighted by Crippen LogP contribution is -2.79. The van der Waals surface area contributed by atoms with Crippen molar-refractivity contribution in [3.63, 3.8) is 0 Å². The van der Waals surface area contributed by atoms with Gasteiger partial charge in [0.15, 0.2) is 48.0 Å². The second kappa shape index (κ2) is 22.7. The fourth-order valence-corrected chi connectivity index (χ4v) is 23.1. The monoisotopic (exact) mass is 1130 g/mol. The molecule has 1 aliphatic heterocycles. The van der Waals surface area contributed by atoms with E-state index in [9.17, 15) is 14.7 Å². The minimum absolute atomic E-state index is 0.145. The first-order valence-corrected chi connectivity index (χ1v) is 36.6. The van der Waals surface area contributed by atoms with Crippen LogP contribution in [0.5, 0.6) is 0 Å². The molecule has 5 aliphatic rings. The van der Waals surface area contributed by atoms with E-state index in [1.807, 2.05) is 71.9 Å². The summed E-state index contributed by atoms with van der Waals surface area (Å²) in [6.07, 6.45) is -6.54. The fourth-order valence-electron chi connectivity index (χ4n) is 14.6. The molecule has 4 fully saturated rings. The van der Waals surface area contributed by atoms with Gasteiger partial charge < -0.3 is 47.4 Å². The highest BCUT2D eigenvalue weighted by atomic mass is 28.4. The van der Waals surface area contributed by atoms with Crippen molar-refractivity contribution in [1.82, 2.24) is 5.32 Å². The Morgan fingerprint density at radius 2 is 1.29 bits per heavy atom. The molecule has 78 heavy (non-hydrogen) atoms. The van der Waals surface area contributed by atoms with Crippen LogP contribution < -0.4 is 5.32 Å². The lowest BCUT2D eigenvalue weighted by atomic mass is 9.51. The summed E-state index contributed by atoms with van der Waals surface area (Å²) >= 11 is 0. The molecule has 3 saturated carbocycles. The molecule has 0 bridgehead atoms. The number of hydrogen-bond donors (Lipinski definition) is 2. The molecule has 15 nitrogen and oxygen atoms in total. The van der Waals surface area contributed by atoms with Gasteiger partial charge in [-0.15, -0.1) is 0 Å². The highest BCUT2D eigenvalue weighted by Gasteiger charge is 2.99. The second-order valence-electron chi connectivity index (χ2n) is 24.3. The molecular formula is C60H91NO14Si3. The van der Waals surface area contributed by atoms with Crippen molar-refractivity contribution >= 4 is 54.7 Å². The Hall–Kier alpha value is -4.02. The number of benzene rings is 2. The minimum Gasteiger partial charge on any atom is -0.456 e. The van der Waals surface area contributed by atoms with Gasteiger partial charge in [-0.2, -0.15) is 0 Å². The van der Waals surface area contributed by atoms with Crippen molar-refractivity contribution in [2.24, 2.45) is 16.7 Å². The van der Waals surface area contributed by atoms with Crippen molar-refractivity contribution in [3.05, 3.63) is 82.9 Å². The maximum Gasteiger partial charge on any atom is 0.408 e. The highest BCUT2D eigenvalue weighted by Crippen LogP contribution is 2.84. The van der Waals surface area contributed by atoms with Crippen LogP contribution in [0.4, 0.5) is 4.79 Å². The highest BCUT2D eigenvalue weighted by molar-refractivity contribution is 6.74. The fraction of sp³-hybridized carbons (Fsp3) is 0.683. The number of carbonyl (C=O) groups is 5. The summed E-state index contributed by atoms with van der Waals surface area (Å²) in [5, 5.41) is 17.5. The first kappa shape index (κ1) is 61.6. The van der Waals surface area contributed by atoms with E-state index in [0.717, 1.165) is 18.1 Å². The summed E-state index contributed by atoms with van der Waals surface area (Å²) in [5.74, 6) is -3.81. The molecule has 2 aromatic carbocycles. The Bertz CT molecular complexity index is 2540. The Balaban J connectivity index is 1.53. The second-order valence-corrected chi connectivity index (χ2v) is 38.4. The number of fused-ring (bicyclic) bond motifs is 5. The molecule has 1 amide bonds. The van der Waals surface area contributed by atoms with Crippen molar-refractivity contribution in [3.8, 4) is 0 Å². The van der Waals surface area contributed by atoms with E-state index in [0.29, 0.717) is 53.0 Å². The summed E-state index contributed by atoms with van der Waals surface area (Å²) in [7, 11) is -8.15. The molecule has 4 aliphatic carbocycles. The van der Waals surface area contributed by atoms with Crippen LogP contribution in [0, 0.1) is 16.7 Å². The first-order chi connectivity index (χ1) is 36.7. The molecule has 0 aromatic heterocycles. The van der Waals surface area contributed by atoms with Crippen LogP contribution in [-0.4, -0.2) is 119 Å². The number of Topliss-reactive ketones (excluding diaryl/α,β-unsaturated/α-hetero) is 1. The SMILES string of the molecule is CC[Si](CC)(CC)O[C@H]1C(=O)[C@]2(C)[C@@H](O[Si](CC)(CC)CC)C[C@H]3OC[C@@]3(OC(C)=O)[C@H]2[C@@]2(OC(=O)c3ccccc3)[C@]3(O)C[C@H](OC(=O)[C@H](O[Si](CC)(CC)CC)[C@@H](NC(=O)OC(C)(C)C)c4ccccc4)C(C)=C1[C@@]32C. The molecule has 0 radical (unpaired) electrons. The third-order valence-electron chi connectivity index (χ3n) is 19.9. The van der Waals surface area contributed by atoms with E-state index in [1.54, 1.807) is 51.1 Å². The van der Waals surface area contributed by atoms with Gasteiger partial charge in [0, 0.05) is 19.8 Å². The van der Waals surface area contributed by atoms with Gasteiger partial charge in [0.1, 0.15) is 29.5 Å². The number of carbonyl (C=O) groups excluding carboxylic acids is 5. The number of hydrogen-bond acceptors (Lipinski definition) is 14. The summed E-state index contributed by atoms with van der Waals surface area (Å²) in [6.45, 7) is 30.7. The van der Waals surface area contributed by atoms with Gasteiger partial charge >= 0.3 is 24.0 Å². The summed E-state index contributed by atoms with van der Waals surface area (Å²) < 4.78 is 55.4. The number of esters is 3. The molecule has 18 heteroatoms. The van der Waals surface area contributed by atoms with E-state index in [4.69, 9.17) is 37.0 Å². The van der Waals surface area contributed by atoms with Crippen molar-refractivity contribution in [2.75, 3.05) is 6.61 Å². The summed E-state index contributed by atoms with van der Waals surface area (Å²) in [5.41, 5.74) is -8.32. The average molecular weight is 1130 g/mol. The zero-order chi connectivity index (χ0) is 57.7. The molecular weight excluding hydrogens is 1040 g/mol. The third-order valence-corrected chi connectivity index (χ3v) is 33.8. The zero-order valence-electron chi connectivity index (χ0n) is 49.6. The van der Waals surface area contributed by atoms with Crippen LogP contribution in [-0.2, 0) is 51.3 Å². The lowest BCUT2D eigenvalue weighted by molar-refractivity contribution is -0.335. The Morgan fingerprint density at radius 3 is 1.78 bits per heavy atom. The van der Waals surface area contributed by atoms with E-state index < -0.39 is 125 Å². The maximum atomic E-state index is 17.1. The van der Waals surface area contributed by atoms with E-state index in [-0.39, 0.29) is 30.8 Å². The molecule has 1 saturated heterocycles. The largest absolute Gasteiger partial charge is 0.456 e. The van der Waals surface area contributed by atoms with Crippen LogP contribution in [0.15, 0.2) is 71.8 Å². The van der Waals surface area contributed by atoms with E-state index in [2.05, 4.69) is 46.9 Å². The van der Waals surface area contributed by atoms with Crippen LogP contribution in [0.3, 0.4) is 0 Å². The molecule has 432 valence electrons. The number of aliphatic hydroxyl groups is 1. The van der Waals surface area contributed by atoms with Crippen molar-refractivity contribution in [2.45, 2.75) is 237 Å². The van der Waals surface area contributed by atoms with Gasteiger partial charge in [0.2, 0.25) is 0 Å².